The number of halogens is 1. The highest BCUT2D eigenvalue weighted by Gasteiger charge is 2.18. The van der Waals surface area contributed by atoms with Crippen LogP contribution in [0.3, 0.4) is 0 Å². The van der Waals surface area contributed by atoms with Crippen molar-refractivity contribution in [3.05, 3.63) is 70.1 Å². The number of amides is 3. The van der Waals surface area contributed by atoms with Crippen LogP contribution in [0.15, 0.2) is 59.9 Å². The molecule has 11 heteroatoms. The van der Waals surface area contributed by atoms with Crippen molar-refractivity contribution in [1.29, 1.82) is 0 Å². The van der Waals surface area contributed by atoms with E-state index in [0.29, 0.717) is 22.0 Å². The normalized spacial score (nSPS) is 10.5. The summed E-state index contributed by atoms with van der Waals surface area (Å²) in [7, 11) is 0. The Morgan fingerprint density at radius 2 is 1.37 bits per heavy atom. The quantitative estimate of drug-likeness (QED) is 0.233. The molecule has 0 aliphatic rings. The summed E-state index contributed by atoms with van der Waals surface area (Å²) in [5, 5.41) is 4.70. The Kier molecular flexibility index (Phi) is 6.57. The van der Waals surface area contributed by atoms with Gasteiger partial charge in [0.15, 0.2) is 0 Å². The number of urea groups is 1. The van der Waals surface area contributed by atoms with Gasteiger partial charge in [-0.2, -0.15) is 0 Å². The Labute approximate surface area is 159 Å². The minimum atomic E-state index is -0.786. The fourth-order valence-electron chi connectivity index (χ4n) is 1.97. The van der Waals surface area contributed by atoms with Crippen molar-refractivity contribution in [2.24, 2.45) is 22.8 Å². The van der Waals surface area contributed by atoms with Gasteiger partial charge in [0.1, 0.15) is 0 Å². The molecular weight excluding hydrogens is 374 g/mol. The Morgan fingerprint density at radius 1 is 0.889 bits per heavy atom. The van der Waals surface area contributed by atoms with Crippen LogP contribution in [0.4, 0.5) is 16.2 Å². The highest BCUT2D eigenvalue weighted by molar-refractivity contribution is 6.30. The number of rotatable bonds is 5. The molecule has 2 aromatic carbocycles. The van der Waals surface area contributed by atoms with Crippen molar-refractivity contribution in [2.75, 3.05) is 10.0 Å². The van der Waals surface area contributed by atoms with E-state index in [2.05, 4.69) is 5.29 Å². The molecule has 0 unspecified atom stereocenters. The van der Waals surface area contributed by atoms with Crippen LogP contribution in [0.5, 0.6) is 0 Å². The lowest BCUT2D eigenvalue weighted by atomic mass is 10.2. The van der Waals surface area contributed by atoms with Gasteiger partial charge in [0, 0.05) is 11.1 Å². The van der Waals surface area contributed by atoms with E-state index in [1.165, 1.54) is 6.08 Å². The van der Waals surface area contributed by atoms with E-state index >= 15 is 0 Å². The third-order valence-electron chi connectivity index (χ3n) is 3.42. The van der Waals surface area contributed by atoms with E-state index in [1.54, 1.807) is 48.5 Å². The molecule has 0 radical (unpaired) electrons. The molecule has 2 rings (SSSR count). The average molecular weight is 390 g/mol. The molecular formula is C16H16ClN7O3. The van der Waals surface area contributed by atoms with Gasteiger partial charge in [0.2, 0.25) is 0 Å². The number of nitrogens with two attached hydrogens (primary N) is 3. The Morgan fingerprint density at radius 3 is 1.85 bits per heavy atom. The van der Waals surface area contributed by atoms with Crippen molar-refractivity contribution < 1.29 is 9.59 Å². The molecule has 2 aromatic rings. The highest BCUT2D eigenvalue weighted by atomic mass is 35.5. The number of nitroso groups, excluding NO2 is 1. The maximum absolute atomic E-state index is 12.4. The monoisotopic (exact) mass is 389 g/mol. The van der Waals surface area contributed by atoms with Crippen LogP contribution in [-0.2, 0) is 4.79 Å². The Balaban J connectivity index is 2.08. The van der Waals surface area contributed by atoms with Crippen LogP contribution in [0.1, 0.15) is 5.56 Å². The summed E-state index contributed by atoms with van der Waals surface area (Å²) in [4.78, 5) is 33.9. The van der Waals surface area contributed by atoms with Crippen molar-refractivity contribution in [2.45, 2.75) is 0 Å². The third-order valence-corrected chi connectivity index (χ3v) is 3.67. The standard InChI is InChI=1S/C16H16ClN7O3/c17-12-4-8-14(9-5-12)23(19)16(26)22(18)13-6-1-11(2-7-13)3-10-15(25)24(20)21-27/h1-10H,18-20H2/b10-3+. The predicted octanol–water partition coefficient (Wildman–Crippen LogP) is 1.92. The molecule has 0 bridgehead atoms. The van der Waals surface area contributed by atoms with Crippen molar-refractivity contribution >= 4 is 41.0 Å². The molecule has 10 nitrogen and oxygen atoms in total. The zero-order chi connectivity index (χ0) is 20.0. The Bertz CT molecular complexity index is 855. The summed E-state index contributed by atoms with van der Waals surface area (Å²) in [6.07, 6.45) is 2.49. The molecule has 0 fully saturated rings. The lowest BCUT2D eigenvalue weighted by molar-refractivity contribution is -0.126. The first-order valence-corrected chi connectivity index (χ1v) is 7.80. The van der Waals surface area contributed by atoms with Crippen LogP contribution in [0, 0.1) is 4.91 Å². The second-order valence-electron chi connectivity index (χ2n) is 5.19. The van der Waals surface area contributed by atoms with E-state index < -0.39 is 11.9 Å². The van der Waals surface area contributed by atoms with Gasteiger partial charge in [0.25, 0.3) is 5.91 Å². The number of carbonyl (C=O) groups is 2. The van der Waals surface area contributed by atoms with E-state index in [4.69, 9.17) is 29.1 Å². The molecule has 27 heavy (non-hydrogen) atoms. The van der Waals surface area contributed by atoms with Gasteiger partial charge < -0.3 is 0 Å². The van der Waals surface area contributed by atoms with E-state index in [0.717, 1.165) is 16.1 Å². The lowest BCUT2D eigenvalue weighted by Gasteiger charge is -2.24. The van der Waals surface area contributed by atoms with Gasteiger partial charge >= 0.3 is 6.03 Å². The summed E-state index contributed by atoms with van der Waals surface area (Å²) in [5.41, 5.74) is 1.38. The van der Waals surface area contributed by atoms with Crippen LogP contribution in [0.2, 0.25) is 5.02 Å². The smallest absolute Gasteiger partial charge is 0.266 e. The van der Waals surface area contributed by atoms with Crippen LogP contribution in [-0.4, -0.2) is 17.1 Å². The second kappa shape index (κ2) is 8.87. The average Bonchev–Trinajstić information content (AvgIpc) is 2.70. The first-order chi connectivity index (χ1) is 12.8. The molecule has 0 heterocycles. The van der Waals surface area contributed by atoms with Gasteiger partial charge in [-0.3, -0.25) is 4.79 Å². The molecule has 6 N–H and O–H groups in total. The predicted molar refractivity (Wildman–Crippen MR) is 102 cm³/mol. The minimum Gasteiger partial charge on any atom is -0.266 e. The van der Waals surface area contributed by atoms with Crippen LogP contribution in [0.25, 0.3) is 6.08 Å². The van der Waals surface area contributed by atoms with Gasteiger partial charge in [-0.15, -0.1) is 10.0 Å². The molecule has 0 aromatic heterocycles. The zero-order valence-corrected chi connectivity index (χ0v) is 14.7. The third kappa shape index (κ3) is 5.09. The lowest BCUT2D eigenvalue weighted by Crippen LogP contribution is -2.50. The molecule has 0 saturated heterocycles. The van der Waals surface area contributed by atoms with E-state index in [-0.39, 0.29) is 5.12 Å². The number of hydrogen-bond acceptors (Lipinski definition) is 7. The fourth-order valence-corrected chi connectivity index (χ4v) is 2.09. The largest absolute Gasteiger partial charge is 0.357 e. The SMILES string of the molecule is NN(N=O)C(=O)/C=C/c1ccc(N(N)C(=O)N(N)c2ccc(Cl)cc2)cc1. The summed E-state index contributed by atoms with van der Waals surface area (Å²) in [6, 6.07) is 12.0. The van der Waals surface area contributed by atoms with E-state index in [9.17, 15) is 14.5 Å². The molecule has 0 spiro atoms. The Hall–Kier alpha value is -3.31. The summed E-state index contributed by atoms with van der Waals surface area (Å²) in [5.74, 6) is 15.9. The molecule has 0 saturated carbocycles. The van der Waals surface area contributed by atoms with Gasteiger partial charge in [-0.05, 0) is 48.0 Å². The van der Waals surface area contributed by atoms with Gasteiger partial charge in [-0.1, -0.05) is 23.7 Å². The maximum Gasteiger partial charge on any atom is 0.357 e. The molecule has 0 aliphatic carbocycles. The van der Waals surface area contributed by atoms with Gasteiger partial charge in [-0.25, -0.2) is 32.3 Å². The van der Waals surface area contributed by atoms with Crippen molar-refractivity contribution in [3.8, 4) is 0 Å². The number of nitrogens with zero attached hydrogens (tertiary/aromatic N) is 4. The number of hydrazine groups is 3. The van der Waals surface area contributed by atoms with Crippen molar-refractivity contribution in [3.63, 3.8) is 0 Å². The highest BCUT2D eigenvalue weighted by Crippen LogP contribution is 2.19. The molecule has 0 aliphatic heterocycles. The van der Waals surface area contributed by atoms with Gasteiger partial charge in [0.05, 0.1) is 16.7 Å². The topological polar surface area (TPSA) is 151 Å². The van der Waals surface area contributed by atoms with E-state index in [1.807, 2.05) is 0 Å². The van der Waals surface area contributed by atoms with Crippen molar-refractivity contribution in [1.82, 2.24) is 5.12 Å². The first-order valence-electron chi connectivity index (χ1n) is 7.43. The minimum absolute atomic E-state index is 0.164. The summed E-state index contributed by atoms with van der Waals surface area (Å²) < 4.78 is 0. The van der Waals surface area contributed by atoms with Crippen LogP contribution >= 0.6 is 11.6 Å². The number of anilines is 2. The summed E-state index contributed by atoms with van der Waals surface area (Å²) in [6.45, 7) is 0. The second-order valence-corrected chi connectivity index (χ2v) is 5.62. The number of carbonyl (C=O) groups excluding carboxylic acids is 2. The molecule has 140 valence electrons. The molecule has 0 atom stereocenters. The number of benzene rings is 2. The zero-order valence-electron chi connectivity index (χ0n) is 13.9. The van der Waals surface area contributed by atoms with Crippen LogP contribution < -0.4 is 27.5 Å². The summed E-state index contributed by atoms with van der Waals surface area (Å²) >= 11 is 5.80. The fraction of sp³-hybridized carbons (Fsp3) is 0. The molecule has 3 amide bonds. The first kappa shape index (κ1) is 20.0. The maximum atomic E-state index is 12.4. The number of hydrogen-bond donors (Lipinski definition) is 3.